The summed E-state index contributed by atoms with van der Waals surface area (Å²) in [4.78, 5) is 11.8. The topological polar surface area (TPSA) is 81.9 Å². The predicted octanol–water partition coefficient (Wildman–Crippen LogP) is 1.82. The number of rotatable bonds is 8. The molecule has 0 aliphatic carbocycles. The number of amides is 1. The van der Waals surface area contributed by atoms with E-state index in [9.17, 15) is 4.79 Å². The van der Waals surface area contributed by atoms with Crippen molar-refractivity contribution in [1.29, 1.82) is 0 Å². The van der Waals surface area contributed by atoms with E-state index in [1.54, 1.807) is 24.3 Å². The molecular formula is C14H18ClN5O2. The number of aromatic nitrogens is 4. The molecule has 8 heteroatoms. The Morgan fingerprint density at radius 2 is 2.14 bits per heavy atom. The number of unbranched alkanes of at least 4 members (excludes halogenated alkanes) is 1. The molecule has 7 nitrogen and oxygen atoms in total. The van der Waals surface area contributed by atoms with Gasteiger partial charge < -0.3 is 10.1 Å². The maximum atomic E-state index is 11.8. The molecule has 0 unspecified atom stereocenters. The number of carbonyl (C=O) groups excluding carboxylic acids is 1. The van der Waals surface area contributed by atoms with Crippen LogP contribution in [-0.2, 0) is 17.9 Å². The Bertz CT molecular complexity index is 600. The van der Waals surface area contributed by atoms with Gasteiger partial charge in [0.1, 0.15) is 18.9 Å². The molecule has 1 heterocycles. The second-order valence-corrected chi connectivity index (χ2v) is 5.14. The van der Waals surface area contributed by atoms with Crippen molar-refractivity contribution in [3.63, 3.8) is 0 Å². The molecule has 0 fully saturated rings. The highest BCUT2D eigenvalue weighted by Crippen LogP contribution is 2.16. The van der Waals surface area contributed by atoms with E-state index in [1.807, 2.05) is 0 Å². The van der Waals surface area contributed by atoms with Crippen LogP contribution >= 0.6 is 11.6 Å². The van der Waals surface area contributed by atoms with Crippen molar-refractivity contribution in [1.82, 2.24) is 25.5 Å². The van der Waals surface area contributed by atoms with Crippen LogP contribution in [-0.4, -0.2) is 32.7 Å². The van der Waals surface area contributed by atoms with Crippen molar-refractivity contribution in [3.05, 3.63) is 35.1 Å². The van der Waals surface area contributed by atoms with Crippen LogP contribution in [0.1, 0.15) is 25.6 Å². The molecule has 22 heavy (non-hydrogen) atoms. The number of tetrazole rings is 1. The summed E-state index contributed by atoms with van der Waals surface area (Å²) in [6.07, 6.45) is 1.99. The lowest BCUT2D eigenvalue weighted by Crippen LogP contribution is -2.29. The molecule has 118 valence electrons. The van der Waals surface area contributed by atoms with Gasteiger partial charge in [0, 0.05) is 11.6 Å². The summed E-state index contributed by atoms with van der Waals surface area (Å²) in [5, 5.41) is 14.7. The number of nitrogens with zero attached hydrogens (tertiary/aromatic N) is 4. The molecule has 0 saturated carbocycles. The average molecular weight is 324 g/mol. The minimum Gasteiger partial charge on any atom is -0.486 e. The molecule has 0 atom stereocenters. The molecule has 1 amide bonds. The number of nitrogens with one attached hydrogen (secondary N) is 1. The molecule has 1 N–H and O–H groups in total. The summed E-state index contributed by atoms with van der Waals surface area (Å²) >= 11 is 5.81. The van der Waals surface area contributed by atoms with Crippen LogP contribution in [0.3, 0.4) is 0 Å². The van der Waals surface area contributed by atoms with Crippen LogP contribution in [0.25, 0.3) is 0 Å². The quantitative estimate of drug-likeness (QED) is 0.749. The monoisotopic (exact) mass is 323 g/mol. The van der Waals surface area contributed by atoms with E-state index in [0.29, 0.717) is 23.1 Å². The van der Waals surface area contributed by atoms with Gasteiger partial charge in [0.05, 0.1) is 0 Å². The van der Waals surface area contributed by atoms with Gasteiger partial charge in [-0.3, -0.25) is 4.79 Å². The van der Waals surface area contributed by atoms with Gasteiger partial charge in [-0.25, -0.2) is 4.68 Å². The highest BCUT2D eigenvalue weighted by molar-refractivity contribution is 6.30. The first-order chi connectivity index (χ1) is 10.7. The van der Waals surface area contributed by atoms with Gasteiger partial charge in [-0.05, 0) is 41.1 Å². The van der Waals surface area contributed by atoms with Crippen LogP contribution in [0.15, 0.2) is 24.3 Å². The van der Waals surface area contributed by atoms with E-state index >= 15 is 0 Å². The first-order valence-electron chi connectivity index (χ1n) is 7.09. The Labute approximate surface area is 133 Å². The number of benzene rings is 1. The van der Waals surface area contributed by atoms with E-state index < -0.39 is 0 Å². The van der Waals surface area contributed by atoms with Crippen molar-refractivity contribution in [2.45, 2.75) is 32.9 Å². The molecule has 0 radical (unpaired) electrons. The molecule has 1 aromatic heterocycles. The maximum absolute atomic E-state index is 11.8. The van der Waals surface area contributed by atoms with Crippen LogP contribution in [0, 0.1) is 0 Å². The second-order valence-electron chi connectivity index (χ2n) is 4.70. The lowest BCUT2D eigenvalue weighted by atomic mass is 10.3. The third-order valence-corrected chi connectivity index (χ3v) is 3.19. The van der Waals surface area contributed by atoms with Crippen molar-refractivity contribution < 1.29 is 9.53 Å². The van der Waals surface area contributed by atoms with Crippen LogP contribution < -0.4 is 10.1 Å². The Morgan fingerprint density at radius 1 is 1.36 bits per heavy atom. The summed E-state index contributed by atoms with van der Waals surface area (Å²) in [6, 6.07) is 6.99. The minimum absolute atomic E-state index is 0.0794. The molecule has 0 aliphatic rings. The SMILES string of the molecule is CCCCNC(=O)Cn1nnnc1COc1ccc(Cl)cc1. The van der Waals surface area contributed by atoms with Crippen LogP contribution in [0.5, 0.6) is 5.75 Å². The van der Waals surface area contributed by atoms with E-state index in [4.69, 9.17) is 16.3 Å². The molecule has 0 spiro atoms. The van der Waals surface area contributed by atoms with E-state index in [2.05, 4.69) is 27.8 Å². The van der Waals surface area contributed by atoms with Gasteiger partial charge in [-0.15, -0.1) is 5.10 Å². The number of halogens is 1. The summed E-state index contributed by atoms with van der Waals surface area (Å²) in [5.41, 5.74) is 0. The summed E-state index contributed by atoms with van der Waals surface area (Å²) in [7, 11) is 0. The summed E-state index contributed by atoms with van der Waals surface area (Å²) in [5.74, 6) is 1.03. The predicted molar refractivity (Wildman–Crippen MR) is 81.5 cm³/mol. The molecule has 0 aliphatic heterocycles. The minimum atomic E-state index is -0.117. The van der Waals surface area contributed by atoms with Gasteiger partial charge in [0.15, 0.2) is 5.82 Å². The Morgan fingerprint density at radius 3 is 2.86 bits per heavy atom. The zero-order valence-corrected chi connectivity index (χ0v) is 13.1. The number of hydrogen-bond acceptors (Lipinski definition) is 5. The smallest absolute Gasteiger partial charge is 0.241 e. The molecular weight excluding hydrogens is 306 g/mol. The second kappa shape index (κ2) is 8.33. The normalized spacial score (nSPS) is 10.5. The first kappa shape index (κ1) is 16.2. The largest absolute Gasteiger partial charge is 0.486 e. The summed E-state index contributed by atoms with van der Waals surface area (Å²) in [6.45, 7) is 2.99. The molecule has 2 aromatic rings. The van der Waals surface area contributed by atoms with Gasteiger partial charge in [0.25, 0.3) is 0 Å². The van der Waals surface area contributed by atoms with Crippen molar-refractivity contribution in [2.75, 3.05) is 6.54 Å². The van der Waals surface area contributed by atoms with Crippen LogP contribution in [0.2, 0.25) is 5.02 Å². The lowest BCUT2D eigenvalue weighted by molar-refractivity contribution is -0.121. The Hall–Kier alpha value is -2.15. The molecule has 0 saturated heterocycles. The van der Waals surface area contributed by atoms with Crippen molar-refractivity contribution >= 4 is 17.5 Å². The maximum Gasteiger partial charge on any atom is 0.241 e. The third-order valence-electron chi connectivity index (χ3n) is 2.93. The number of ether oxygens (including phenoxy) is 1. The zero-order valence-electron chi connectivity index (χ0n) is 12.3. The fraction of sp³-hybridized carbons (Fsp3) is 0.429. The number of carbonyl (C=O) groups is 1. The van der Waals surface area contributed by atoms with E-state index in [-0.39, 0.29) is 19.1 Å². The van der Waals surface area contributed by atoms with E-state index in [0.717, 1.165) is 12.8 Å². The van der Waals surface area contributed by atoms with E-state index in [1.165, 1.54) is 4.68 Å². The standard InChI is InChI=1S/C14H18ClN5O2/c1-2-3-8-16-14(21)9-20-13(17-18-19-20)10-22-12-6-4-11(15)5-7-12/h4-7H,2-3,8-10H2,1H3,(H,16,21). The highest BCUT2D eigenvalue weighted by Gasteiger charge is 2.10. The highest BCUT2D eigenvalue weighted by atomic mass is 35.5. The Balaban J connectivity index is 1.86. The van der Waals surface area contributed by atoms with Gasteiger partial charge >= 0.3 is 0 Å². The van der Waals surface area contributed by atoms with Gasteiger partial charge in [-0.2, -0.15) is 0 Å². The summed E-state index contributed by atoms with van der Waals surface area (Å²) < 4.78 is 7.00. The fourth-order valence-corrected chi connectivity index (χ4v) is 1.85. The molecule has 0 bridgehead atoms. The zero-order chi connectivity index (χ0) is 15.8. The third kappa shape index (κ3) is 5.00. The fourth-order valence-electron chi connectivity index (χ4n) is 1.72. The van der Waals surface area contributed by atoms with Crippen molar-refractivity contribution in [2.24, 2.45) is 0 Å². The van der Waals surface area contributed by atoms with Gasteiger partial charge in [-0.1, -0.05) is 24.9 Å². The first-order valence-corrected chi connectivity index (χ1v) is 7.47. The average Bonchev–Trinajstić information content (AvgIpc) is 2.94. The van der Waals surface area contributed by atoms with Crippen LogP contribution in [0.4, 0.5) is 0 Å². The Kier molecular flexibility index (Phi) is 6.14. The van der Waals surface area contributed by atoms with Crippen molar-refractivity contribution in [3.8, 4) is 5.75 Å². The number of hydrogen-bond donors (Lipinski definition) is 1. The molecule has 1 aromatic carbocycles. The molecule has 2 rings (SSSR count). The van der Waals surface area contributed by atoms with Gasteiger partial charge in [0.2, 0.25) is 5.91 Å². The lowest BCUT2D eigenvalue weighted by Gasteiger charge is -2.07.